The van der Waals surface area contributed by atoms with Crippen LogP contribution in [0.3, 0.4) is 0 Å². The maximum Gasteiger partial charge on any atom is 0.315 e. The van der Waals surface area contributed by atoms with Gasteiger partial charge in [-0.2, -0.15) is 36.2 Å². The number of halogens is 1. The van der Waals surface area contributed by atoms with Crippen LogP contribution in [-0.4, -0.2) is 77.4 Å². The molecule has 1 saturated heterocycles. The molecule has 1 radical (unpaired) electrons. The van der Waals surface area contributed by atoms with Crippen LogP contribution in [0.4, 0.5) is 44.7 Å². The van der Waals surface area contributed by atoms with Crippen molar-refractivity contribution >= 4 is 71.3 Å². The van der Waals surface area contributed by atoms with Crippen molar-refractivity contribution in [3.05, 3.63) is 72.8 Å². The number of aromatic nitrogens is 3. The number of nitrogens with zero attached hydrogens (tertiary/aromatic N) is 6. The van der Waals surface area contributed by atoms with E-state index in [-0.39, 0.29) is 51.2 Å². The maximum atomic E-state index is 14.4. The van der Waals surface area contributed by atoms with Gasteiger partial charge in [0.2, 0.25) is 11.9 Å². The molecule has 1 aliphatic heterocycles. The number of fused-ring (bicyclic) bond motifs is 1. The van der Waals surface area contributed by atoms with E-state index in [4.69, 9.17) is 4.74 Å². The van der Waals surface area contributed by atoms with E-state index in [1.54, 1.807) is 35.2 Å². The molecule has 0 atom stereocenters. The first-order valence-corrected chi connectivity index (χ1v) is 17.0. The first-order valence-electron chi connectivity index (χ1n) is 14.1. The molecule has 50 heavy (non-hydrogen) atoms. The summed E-state index contributed by atoms with van der Waals surface area (Å²) in [6, 6.07) is 14.7. The average Bonchev–Trinajstić information content (AvgIpc) is 3.05. The van der Waals surface area contributed by atoms with Crippen molar-refractivity contribution in [1.29, 1.82) is 0 Å². The van der Waals surface area contributed by atoms with Crippen molar-refractivity contribution < 1.29 is 62.4 Å². The summed E-state index contributed by atoms with van der Waals surface area (Å²) >= 11 is 0. The van der Waals surface area contributed by atoms with E-state index in [9.17, 15) is 40.5 Å². The summed E-state index contributed by atoms with van der Waals surface area (Å²) in [5.74, 6) is -1.33. The summed E-state index contributed by atoms with van der Waals surface area (Å²) in [4.78, 5) is 11.8. The van der Waals surface area contributed by atoms with E-state index >= 15 is 0 Å². The molecule has 17 nitrogen and oxygen atoms in total. The Balaban J connectivity index is 0.00000486. The molecule has 1 fully saturated rings. The quantitative estimate of drug-likeness (QED) is 0.0509. The van der Waals surface area contributed by atoms with E-state index in [1.807, 2.05) is 0 Å². The fourth-order valence-electron chi connectivity index (χ4n) is 4.81. The third-order valence-electron chi connectivity index (χ3n) is 7.19. The Morgan fingerprint density at radius 2 is 1.48 bits per heavy atom. The number of anilines is 5. The molecule has 265 valence electrons. The van der Waals surface area contributed by atoms with E-state index in [0.717, 1.165) is 18.2 Å². The Morgan fingerprint density at radius 1 is 0.780 bits per heavy atom. The van der Waals surface area contributed by atoms with Crippen molar-refractivity contribution in [2.24, 2.45) is 10.2 Å². The Hall–Kier alpha value is -5.02. The zero-order valence-electron chi connectivity index (χ0n) is 25.2. The van der Waals surface area contributed by atoms with Crippen LogP contribution < -0.4 is 15.5 Å². The number of phenols is 2. The molecular formula is C29H25CuFN8O9S2. The summed E-state index contributed by atoms with van der Waals surface area (Å²) in [5.41, 5.74) is -0.593. The van der Waals surface area contributed by atoms with Crippen LogP contribution >= 0.6 is 0 Å². The molecule has 0 spiro atoms. The third-order valence-corrected chi connectivity index (χ3v) is 8.87. The number of benzene rings is 4. The molecule has 21 heteroatoms. The number of para-hydroxylation sites is 2. The van der Waals surface area contributed by atoms with Gasteiger partial charge in [-0.3, -0.25) is 9.11 Å². The summed E-state index contributed by atoms with van der Waals surface area (Å²) < 4.78 is 87.7. The van der Waals surface area contributed by atoms with Crippen LogP contribution in [0.1, 0.15) is 0 Å². The van der Waals surface area contributed by atoms with Gasteiger partial charge < -0.3 is 30.5 Å². The minimum Gasteiger partial charge on any atom is -0.506 e. The maximum absolute atomic E-state index is 14.4. The molecule has 0 unspecified atom stereocenters. The summed E-state index contributed by atoms with van der Waals surface area (Å²) in [6.07, 6.45) is -1.17. The molecule has 0 aliphatic carbocycles. The number of morpholine rings is 1. The van der Waals surface area contributed by atoms with Gasteiger partial charge in [-0.25, -0.2) is 0 Å². The molecule has 4 aromatic carbocycles. The van der Waals surface area contributed by atoms with Crippen LogP contribution in [0.5, 0.6) is 11.5 Å². The number of ether oxygens (including phenoxy) is 1. The number of aromatic hydroxyl groups is 2. The van der Waals surface area contributed by atoms with Gasteiger partial charge in [0.1, 0.15) is 17.1 Å². The fraction of sp³-hybridized carbons (Fsp3) is 0.138. The molecular weight excluding hydrogens is 751 g/mol. The van der Waals surface area contributed by atoms with E-state index in [0.29, 0.717) is 31.7 Å². The SMILES string of the molecule is O=S(=O)(O)c1cc(N=Nc2c(Nc3ccccc3O)ccc3ccc(S(=O)(=O)O)cc23)c(O)c(Nc2nc(F)nc(N3CCOCC3)n2)c1.[Cu]. The summed E-state index contributed by atoms with van der Waals surface area (Å²) in [7, 11) is -9.58. The predicted molar refractivity (Wildman–Crippen MR) is 173 cm³/mol. The average molecular weight is 776 g/mol. The van der Waals surface area contributed by atoms with Crippen molar-refractivity contribution in [1.82, 2.24) is 15.0 Å². The number of hydrogen-bond acceptors (Lipinski definition) is 15. The molecule has 1 aromatic heterocycles. The van der Waals surface area contributed by atoms with Gasteiger partial charge in [0.15, 0.2) is 5.75 Å². The minimum absolute atomic E-state index is 0. The Bertz CT molecular complexity index is 2350. The first kappa shape index (κ1) is 36.3. The second-order valence-electron chi connectivity index (χ2n) is 10.4. The molecule has 2 heterocycles. The van der Waals surface area contributed by atoms with Gasteiger partial charge in [-0.15, -0.1) is 10.2 Å². The fourth-order valence-corrected chi connectivity index (χ4v) is 5.85. The van der Waals surface area contributed by atoms with Gasteiger partial charge in [-0.05, 0) is 47.9 Å². The summed E-state index contributed by atoms with van der Waals surface area (Å²) in [6.45, 7) is 1.41. The topological polar surface area (TPSA) is 249 Å². The second kappa shape index (κ2) is 14.5. The first-order chi connectivity index (χ1) is 23.3. The number of azo groups is 1. The smallest absolute Gasteiger partial charge is 0.315 e. The molecule has 6 N–H and O–H groups in total. The normalized spacial score (nSPS) is 13.7. The van der Waals surface area contributed by atoms with E-state index in [1.165, 1.54) is 18.2 Å². The van der Waals surface area contributed by atoms with Crippen LogP contribution in [-0.2, 0) is 42.0 Å². The van der Waals surface area contributed by atoms with Crippen LogP contribution in [0.25, 0.3) is 10.8 Å². The molecule has 6 rings (SSSR count). The minimum atomic E-state index is -4.92. The zero-order chi connectivity index (χ0) is 34.9. The number of nitrogens with one attached hydrogen (secondary N) is 2. The van der Waals surface area contributed by atoms with Crippen molar-refractivity contribution in [3.8, 4) is 11.5 Å². The Morgan fingerprint density at radius 3 is 2.18 bits per heavy atom. The molecule has 0 amide bonds. The number of rotatable bonds is 9. The van der Waals surface area contributed by atoms with Crippen LogP contribution in [0.15, 0.2) is 86.7 Å². The number of hydrogen-bond donors (Lipinski definition) is 6. The zero-order valence-corrected chi connectivity index (χ0v) is 27.8. The number of phenolic OH excluding ortho intramolecular Hbond substituents is 2. The van der Waals surface area contributed by atoms with Crippen LogP contribution in [0.2, 0.25) is 0 Å². The van der Waals surface area contributed by atoms with E-state index < -0.39 is 59.2 Å². The largest absolute Gasteiger partial charge is 0.506 e. The van der Waals surface area contributed by atoms with Gasteiger partial charge >= 0.3 is 6.08 Å². The molecule has 5 aromatic rings. The molecule has 1 aliphatic rings. The van der Waals surface area contributed by atoms with Gasteiger partial charge in [-0.1, -0.05) is 24.3 Å². The van der Waals surface area contributed by atoms with Crippen LogP contribution in [0, 0.1) is 6.08 Å². The monoisotopic (exact) mass is 775 g/mol. The van der Waals surface area contributed by atoms with Crippen molar-refractivity contribution in [2.45, 2.75) is 9.79 Å². The predicted octanol–water partition coefficient (Wildman–Crippen LogP) is 4.81. The molecule has 0 saturated carbocycles. The summed E-state index contributed by atoms with van der Waals surface area (Å²) in [5, 5.41) is 35.8. The van der Waals surface area contributed by atoms with Gasteiger partial charge in [0, 0.05) is 35.5 Å². The van der Waals surface area contributed by atoms with E-state index in [2.05, 4.69) is 35.8 Å². The van der Waals surface area contributed by atoms with Gasteiger partial charge in [0.25, 0.3) is 20.2 Å². The van der Waals surface area contributed by atoms with Gasteiger partial charge in [0.05, 0.1) is 40.1 Å². The second-order valence-corrected chi connectivity index (χ2v) is 13.3. The Kier molecular flexibility index (Phi) is 10.5. The standard InChI is InChI=1S/C29H25FN8O9S2.Cu/c30-27-33-28(35-29(34-27)38-9-11-47-12-10-38)32-22-14-18(49(44,45)46)15-23(26(22)40)36-37-25-19-13-17(48(41,42)43)7-5-16(19)6-8-21(25)31-20-3-1-2-4-24(20)39;/h1-8,13-15,31,39-40H,9-12H2,(H,41,42,43)(H,44,45,46)(H,32,33,34,35);. The Labute approximate surface area is 293 Å². The third kappa shape index (κ3) is 8.05. The molecule has 0 bridgehead atoms. The van der Waals surface area contributed by atoms with Crippen molar-refractivity contribution in [2.75, 3.05) is 41.8 Å². The van der Waals surface area contributed by atoms with Crippen molar-refractivity contribution in [3.63, 3.8) is 0 Å².